The monoisotopic (exact) mass is 417 g/mol. The van der Waals surface area contributed by atoms with E-state index in [1.54, 1.807) is 21.3 Å². The second kappa shape index (κ2) is 17.9. The van der Waals surface area contributed by atoms with Gasteiger partial charge in [0, 0.05) is 26.9 Å². The maximum Gasteiger partial charge on any atom is 0.596 e. The Morgan fingerprint density at radius 3 is 1.21 bits per heavy atom. The highest BCUT2D eigenvalue weighted by Crippen LogP contribution is 2.19. The molecule has 0 heterocycles. The van der Waals surface area contributed by atoms with E-state index < -0.39 is 8.97 Å². The topological polar surface area (TPSA) is 39.7 Å². The number of rotatable bonds is 21. The molecule has 0 unspecified atom stereocenters. The van der Waals surface area contributed by atoms with E-state index >= 15 is 0 Å². The molecule has 170 valence electrons. The van der Waals surface area contributed by atoms with E-state index in [4.69, 9.17) is 13.3 Å². The molecule has 28 heavy (non-hydrogen) atoms. The van der Waals surface area contributed by atoms with E-state index in [-0.39, 0.29) is 5.54 Å². The van der Waals surface area contributed by atoms with Crippen LogP contribution in [-0.2, 0) is 13.3 Å². The van der Waals surface area contributed by atoms with Gasteiger partial charge in [0.1, 0.15) is 0 Å². The van der Waals surface area contributed by atoms with Crippen molar-refractivity contribution >= 4 is 8.97 Å². The molecule has 0 amide bonds. The van der Waals surface area contributed by atoms with Gasteiger partial charge in [0.05, 0.1) is 0 Å². The Hall–Kier alpha value is 0.0569. The van der Waals surface area contributed by atoms with Crippen LogP contribution in [0.1, 0.15) is 124 Å². The average molecular weight is 418 g/mol. The summed E-state index contributed by atoms with van der Waals surface area (Å²) >= 11 is 0. The minimum absolute atomic E-state index is 0.0369. The summed E-state index contributed by atoms with van der Waals surface area (Å²) in [7, 11) is 2.23. The van der Waals surface area contributed by atoms with Gasteiger partial charge in [-0.15, -0.1) is 0 Å². The third-order valence-electron chi connectivity index (χ3n) is 5.70. The molecule has 0 bridgehead atoms. The zero-order valence-corrected chi connectivity index (χ0v) is 21.0. The number of unbranched alkanes of at least 4 members (excludes halogenated alkanes) is 14. The highest BCUT2D eigenvalue weighted by Gasteiger charge is 2.43. The second-order valence-corrected chi connectivity index (χ2v) is 11.5. The van der Waals surface area contributed by atoms with Gasteiger partial charge in [-0.05, 0) is 20.3 Å². The lowest BCUT2D eigenvalue weighted by molar-refractivity contribution is 0.0962. The van der Waals surface area contributed by atoms with Crippen LogP contribution in [0, 0.1) is 0 Å². The van der Waals surface area contributed by atoms with Crippen molar-refractivity contribution in [1.82, 2.24) is 4.98 Å². The van der Waals surface area contributed by atoms with Crippen LogP contribution in [0.4, 0.5) is 0 Å². The van der Waals surface area contributed by atoms with Gasteiger partial charge in [-0.3, -0.25) is 4.98 Å². The quantitative estimate of drug-likeness (QED) is 0.161. The molecule has 0 saturated carbocycles. The van der Waals surface area contributed by atoms with Crippen molar-refractivity contribution in [2.24, 2.45) is 0 Å². The van der Waals surface area contributed by atoms with E-state index in [1.165, 1.54) is 96.3 Å². The molecule has 0 rings (SSSR count). The zero-order chi connectivity index (χ0) is 21.1. The molecule has 5 heteroatoms. The van der Waals surface area contributed by atoms with Crippen molar-refractivity contribution in [3.63, 3.8) is 0 Å². The lowest BCUT2D eigenvalue weighted by Gasteiger charge is -2.34. The maximum atomic E-state index is 5.48. The van der Waals surface area contributed by atoms with Crippen LogP contribution in [0.15, 0.2) is 0 Å². The Morgan fingerprint density at radius 1 is 0.571 bits per heavy atom. The molecule has 0 aromatic heterocycles. The molecule has 0 atom stereocenters. The van der Waals surface area contributed by atoms with Gasteiger partial charge >= 0.3 is 8.97 Å². The summed E-state index contributed by atoms with van der Waals surface area (Å²) in [6.45, 7) is 6.70. The van der Waals surface area contributed by atoms with Crippen LogP contribution in [0.5, 0.6) is 0 Å². The molecule has 0 saturated heterocycles. The van der Waals surface area contributed by atoms with Crippen LogP contribution in [0.3, 0.4) is 0 Å². The Kier molecular flexibility index (Phi) is 17.9. The predicted octanol–water partition coefficient (Wildman–Crippen LogP) is 6.99. The lowest BCUT2D eigenvalue weighted by Crippen LogP contribution is -2.64. The summed E-state index contributed by atoms with van der Waals surface area (Å²) in [6.07, 6.45) is 22.1. The van der Waals surface area contributed by atoms with E-state index in [2.05, 4.69) is 25.8 Å². The molecule has 0 aliphatic heterocycles. The lowest BCUT2D eigenvalue weighted by atomic mass is 9.97. The van der Waals surface area contributed by atoms with Crippen LogP contribution in [0.25, 0.3) is 0 Å². The van der Waals surface area contributed by atoms with Crippen LogP contribution in [-0.4, -0.2) is 35.8 Å². The number of hydrogen-bond donors (Lipinski definition) is 1. The zero-order valence-electron chi connectivity index (χ0n) is 20.0. The Morgan fingerprint density at radius 2 is 0.893 bits per heavy atom. The molecule has 0 aromatic carbocycles. The fourth-order valence-electron chi connectivity index (χ4n) is 3.82. The van der Waals surface area contributed by atoms with Gasteiger partial charge in [-0.25, -0.2) is 0 Å². The molecule has 0 spiro atoms. The number of nitrogens with one attached hydrogen (secondary N) is 1. The van der Waals surface area contributed by atoms with E-state index in [0.29, 0.717) is 0 Å². The van der Waals surface area contributed by atoms with Gasteiger partial charge in [0.2, 0.25) is 0 Å². The first kappa shape index (κ1) is 28.1. The van der Waals surface area contributed by atoms with E-state index in [1.807, 2.05) is 0 Å². The van der Waals surface area contributed by atoms with Crippen molar-refractivity contribution in [3.05, 3.63) is 0 Å². The molecular weight excluding hydrogens is 366 g/mol. The summed E-state index contributed by atoms with van der Waals surface area (Å²) in [5.41, 5.74) is -0.0369. The van der Waals surface area contributed by atoms with Gasteiger partial charge < -0.3 is 13.3 Å². The van der Waals surface area contributed by atoms with Crippen LogP contribution >= 0.6 is 0 Å². The van der Waals surface area contributed by atoms with Gasteiger partial charge in [0.25, 0.3) is 0 Å². The molecule has 0 aliphatic rings. The Balaban J connectivity index is 3.51. The first-order chi connectivity index (χ1) is 13.4. The van der Waals surface area contributed by atoms with Crippen LogP contribution < -0.4 is 4.98 Å². The second-order valence-electron chi connectivity index (χ2n) is 8.88. The minimum atomic E-state index is -2.71. The summed E-state index contributed by atoms with van der Waals surface area (Å²) in [6, 6.07) is 0. The fraction of sp³-hybridized carbons (Fsp3) is 1.00. The molecule has 4 nitrogen and oxygen atoms in total. The van der Waals surface area contributed by atoms with Crippen molar-refractivity contribution in [2.45, 2.75) is 129 Å². The number of hydrogen-bond acceptors (Lipinski definition) is 4. The highest BCUT2D eigenvalue weighted by molar-refractivity contribution is 6.57. The normalized spacial score (nSPS) is 12.6. The Bertz CT molecular complexity index is 328. The van der Waals surface area contributed by atoms with E-state index in [9.17, 15) is 0 Å². The smallest absolute Gasteiger partial charge is 0.364 e. The molecule has 0 aromatic rings. The molecule has 1 N–H and O–H groups in total. The highest BCUT2D eigenvalue weighted by atomic mass is 28.4. The van der Waals surface area contributed by atoms with E-state index in [0.717, 1.165) is 6.42 Å². The van der Waals surface area contributed by atoms with Crippen molar-refractivity contribution in [2.75, 3.05) is 21.3 Å². The fourth-order valence-corrected chi connectivity index (χ4v) is 5.58. The summed E-state index contributed by atoms with van der Waals surface area (Å²) < 4.78 is 16.5. The Labute approximate surface area is 177 Å². The largest absolute Gasteiger partial charge is 0.596 e. The summed E-state index contributed by atoms with van der Waals surface area (Å²) in [5.74, 6) is 0. The van der Waals surface area contributed by atoms with Crippen LogP contribution in [0.2, 0.25) is 0 Å². The predicted molar refractivity (Wildman–Crippen MR) is 124 cm³/mol. The summed E-state index contributed by atoms with van der Waals surface area (Å²) in [4.78, 5) is 3.48. The van der Waals surface area contributed by atoms with Crippen molar-refractivity contribution in [1.29, 1.82) is 0 Å². The van der Waals surface area contributed by atoms with Gasteiger partial charge in [-0.1, -0.05) is 103 Å². The van der Waals surface area contributed by atoms with Crippen molar-refractivity contribution in [3.8, 4) is 0 Å². The maximum absolute atomic E-state index is 5.48. The molecular formula is C23H51NO3Si. The minimum Gasteiger partial charge on any atom is -0.364 e. The first-order valence-corrected chi connectivity index (χ1v) is 13.6. The molecule has 0 aliphatic carbocycles. The molecule has 0 radical (unpaired) electrons. The SMILES string of the molecule is CCCCCCCCCCCCCCCCCC(C)(C)N[Si](OC)(OC)OC. The first-order valence-electron chi connectivity index (χ1n) is 11.9. The molecule has 0 fully saturated rings. The third kappa shape index (κ3) is 15.0. The third-order valence-corrected chi connectivity index (χ3v) is 8.30. The van der Waals surface area contributed by atoms with Gasteiger partial charge in [-0.2, -0.15) is 0 Å². The standard InChI is InChI=1S/C23H51NO3Si/c1-7-8-9-10-11-12-13-14-15-16-17-18-19-20-21-22-23(2,3)24-28(25-4,26-5)27-6/h24H,7-22H2,1-6H3. The van der Waals surface area contributed by atoms with Crippen molar-refractivity contribution < 1.29 is 13.3 Å². The van der Waals surface area contributed by atoms with Gasteiger partial charge in [0.15, 0.2) is 0 Å². The summed E-state index contributed by atoms with van der Waals surface area (Å²) in [5, 5.41) is 0. The average Bonchev–Trinajstić information content (AvgIpc) is 2.69.